The van der Waals surface area contributed by atoms with Crippen LogP contribution in [0.4, 0.5) is 5.69 Å². The van der Waals surface area contributed by atoms with E-state index in [4.69, 9.17) is 4.74 Å². The Morgan fingerprint density at radius 1 is 1.00 bits per heavy atom. The summed E-state index contributed by atoms with van der Waals surface area (Å²) in [6.45, 7) is 2.28. The van der Waals surface area contributed by atoms with Crippen molar-refractivity contribution in [1.29, 1.82) is 0 Å². The fraction of sp³-hybridized carbons (Fsp3) is 0.167. The molecule has 0 saturated carbocycles. The van der Waals surface area contributed by atoms with Crippen LogP contribution in [-0.2, 0) is 11.3 Å². The maximum atomic E-state index is 12.9. The van der Waals surface area contributed by atoms with Gasteiger partial charge in [0.1, 0.15) is 5.75 Å². The number of hydrogen-bond acceptors (Lipinski definition) is 3. The Kier molecular flexibility index (Phi) is 7.25. The fourth-order valence-electron chi connectivity index (χ4n) is 2.96. The Balaban J connectivity index is 1.64. The Morgan fingerprint density at radius 3 is 2.43 bits per heavy atom. The summed E-state index contributed by atoms with van der Waals surface area (Å²) in [5.74, 6) is 0.110. The van der Waals surface area contributed by atoms with Gasteiger partial charge in [0.25, 0.3) is 11.8 Å². The zero-order chi connectivity index (χ0) is 21.5. The van der Waals surface area contributed by atoms with Crippen molar-refractivity contribution in [1.82, 2.24) is 4.90 Å². The number of ether oxygens (including phenoxy) is 1. The third-order valence-corrected chi connectivity index (χ3v) is 5.43. The minimum Gasteiger partial charge on any atom is -0.484 e. The normalized spacial score (nSPS) is 10.4. The maximum absolute atomic E-state index is 12.9. The monoisotopic (exact) mass is 466 g/mol. The number of aryl methyl sites for hydroxylation is 1. The first-order chi connectivity index (χ1) is 14.4. The molecule has 0 aromatic heterocycles. The van der Waals surface area contributed by atoms with Gasteiger partial charge in [-0.1, -0.05) is 58.4 Å². The van der Waals surface area contributed by atoms with E-state index in [1.54, 1.807) is 42.3 Å². The first-order valence-electron chi connectivity index (χ1n) is 9.51. The first kappa shape index (κ1) is 21.6. The zero-order valence-electron chi connectivity index (χ0n) is 16.9. The van der Waals surface area contributed by atoms with E-state index in [0.29, 0.717) is 23.5 Å². The van der Waals surface area contributed by atoms with Crippen LogP contribution < -0.4 is 10.1 Å². The van der Waals surface area contributed by atoms with Gasteiger partial charge in [-0.3, -0.25) is 9.59 Å². The zero-order valence-corrected chi connectivity index (χ0v) is 18.5. The lowest BCUT2D eigenvalue weighted by atomic mass is 10.1. The molecule has 6 heteroatoms. The summed E-state index contributed by atoms with van der Waals surface area (Å²) in [7, 11) is 1.74. The molecule has 0 radical (unpaired) electrons. The van der Waals surface area contributed by atoms with Gasteiger partial charge in [0.05, 0.1) is 11.3 Å². The molecular formula is C24H23BrN2O3. The molecule has 0 atom stereocenters. The number of carbonyl (C=O) groups is 2. The second-order valence-electron chi connectivity index (χ2n) is 6.94. The molecule has 0 heterocycles. The number of hydrogen-bond donors (Lipinski definition) is 1. The number of carbonyl (C=O) groups excluding carboxylic acids is 2. The Labute approximate surface area is 184 Å². The van der Waals surface area contributed by atoms with Crippen molar-refractivity contribution >= 4 is 33.4 Å². The van der Waals surface area contributed by atoms with E-state index in [1.165, 1.54) is 0 Å². The largest absolute Gasteiger partial charge is 0.484 e. The predicted molar refractivity (Wildman–Crippen MR) is 122 cm³/mol. The van der Waals surface area contributed by atoms with Crippen LogP contribution in [0.25, 0.3) is 0 Å². The summed E-state index contributed by atoms with van der Waals surface area (Å²) < 4.78 is 6.55. The van der Waals surface area contributed by atoms with Gasteiger partial charge in [-0.15, -0.1) is 0 Å². The van der Waals surface area contributed by atoms with Gasteiger partial charge in [0.15, 0.2) is 6.61 Å². The third kappa shape index (κ3) is 5.70. The van der Waals surface area contributed by atoms with Crippen LogP contribution in [0.1, 0.15) is 21.5 Å². The van der Waals surface area contributed by atoms with Gasteiger partial charge < -0.3 is 15.0 Å². The number of halogens is 1. The molecule has 0 saturated heterocycles. The van der Waals surface area contributed by atoms with E-state index in [1.807, 2.05) is 49.4 Å². The fourth-order valence-corrected chi connectivity index (χ4v) is 3.20. The molecule has 3 aromatic rings. The standard InChI is InChI=1S/C24H23BrN2O3/c1-17-14-19(12-13-21(17)25)30-16-23(28)26-22-11-7-6-10-20(22)24(29)27(2)15-18-8-4-3-5-9-18/h3-14H,15-16H2,1-2H3,(H,26,28). The summed E-state index contributed by atoms with van der Waals surface area (Å²) in [5.41, 5.74) is 2.95. The van der Waals surface area contributed by atoms with E-state index in [9.17, 15) is 9.59 Å². The van der Waals surface area contributed by atoms with Crippen LogP contribution in [-0.4, -0.2) is 30.4 Å². The highest BCUT2D eigenvalue weighted by atomic mass is 79.9. The van der Waals surface area contributed by atoms with Crippen LogP contribution in [0.15, 0.2) is 77.3 Å². The topological polar surface area (TPSA) is 58.6 Å². The second-order valence-corrected chi connectivity index (χ2v) is 7.79. The van der Waals surface area contributed by atoms with Crippen LogP contribution >= 0.6 is 15.9 Å². The number of anilines is 1. The summed E-state index contributed by atoms with van der Waals surface area (Å²) >= 11 is 3.44. The van der Waals surface area contributed by atoms with Gasteiger partial charge in [-0.05, 0) is 48.4 Å². The van der Waals surface area contributed by atoms with Crippen LogP contribution in [0.5, 0.6) is 5.75 Å². The van der Waals surface area contributed by atoms with E-state index in [2.05, 4.69) is 21.2 Å². The molecule has 0 aliphatic rings. The maximum Gasteiger partial charge on any atom is 0.262 e. The lowest BCUT2D eigenvalue weighted by Gasteiger charge is -2.19. The number of amides is 2. The number of nitrogens with one attached hydrogen (secondary N) is 1. The molecule has 154 valence electrons. The third-order valence-electron chi connectivity index (χ3n) is 4.54. The molecular weight excluding hydrogens is 444 g/mol. The Bertz CT molecular complexity index is 1040. The van der Waals surface area contributed by atoms with Gasteiger partial charge in [-0.25, -0.2) is 0 Å². The van der Waals surface area contributed by atoms with E-state index < -0.39 is 0 Å². The molecule has 0 unspecified atom stereocenters. The van der Waals surface area contributed by atoms with Crippen LogP contribution in [0.2, 0.25) is 0 Å². The number of rotatable bonds is 7. The van der Waals surface area contributed by atoms with Gasteiger partial charge in [-0.2, -0.15) is 0 Å². The van der Waals surface area contributed by atoms with Crippen molar-refractivity contribution in [2.45, 2.75) is 13.5 Å². The molecule has 0 bridgehead atoms. The van der Waals surface area contributed by atoms with Gasteiger partial charge >= 0.3 is 0 Å². The first-order valence-corrected chi connectivity index (χ1v) is 10.3. The van der Waals surface area contributed by atoms with E-state index in [-0.39, 0.29) is 18.4 Å². The molecule has 2 amide bonds. The van der Waals surface area contributed by atoms with Crippen molar-refractivity contribution in [2.24, 2.45) is 0 Å². The Morgan fingerprint density at radius 2 is 1.70 bits per heavy atom. The van der Waals surface area contributed by atoms with Crippen molar-refractivity contribution in [3.8, 4) is 5.75 Å². The van der Waals surface area contributed by atoms with Crippen molar-refractivity contribution < 1.29 is 14.3 Å². The highest BCUT2D eigenvalue weighted by Crippen LogP contribution is 2.22. The van der Waals surface area contributed by atoms with Crippen molar-refractivity contribution in [3.05, 3.63) is 94.0 Å². The summed E-state index contributed by atoms with van der Waals surface area (Å²) in [6, 6.07) is 22.3. The highest BCUT2D eigenvalue weighted by molar-refractivity contribution is 9.10. The van der Waals surface area contributed by atoms with E-state index in [0.717, 1.165) is 15.6 Å². The summed E-state index contributed by atoms with van der Waals surface area (Å²) in [6.07, 6.45) is 0. The molecule has 3 rings (SSSR count). The van der Waals surface area contributed by atoms with Gasteiger partial charge in [0.2, 0.25) is 0 Å². The van der Waals surface area contributed by atoms with Crippen LogP contribution in [0, 0.1) is 6.92 Å². The minimum atomic E-state index is -0.332. The molecule has 0 aliphatic heterocycles. The van der Waals surface area contributed by atoms with Crippen LogP contribution in [0.3, 0.4) is 0 Å². The SMILES string of the molecule is Cc1cc(OCC(=O)Nc2ccccc2C(=O)N(C)Cc2ccccc2)ccc1Br. The minimum absolute atomic E-state index is 0.149. The quantitative estimate of drug-likeness (QED) is 0.529. The number of para-hydroxylation sites is 1. The summed E-state index contributed by atoms with van der Waals surface area (Å²) in [4.78, 5) is 27.0. The van der Waals surface area contributed by atoms with Crippen molar-refractivity contribution in [3.63, 3.8) is 0 Å². The molecule has 0 fully saturated rings. The smallest absolute Gasteiger partial charge is 0.262 e. The Hall–Kier alpha value is -3.12. The number of nitrogens with zero attached hydrogens (tertiary/aromatic N) is 1. The highest BCUT2D eigenvalue weighted by Gasteiger charge is 2.17. The second kappa shape index (κ2) is 10.1. The molecule has 0 spiro atoms. The molecule has 30 heavy (non-hydrogen) atoms. The molecule has 0 aliphatic carbocycles. The predicted octanol–water partition coefficient (Wildman–Crippen LogP) is 5.05. The lowest BCUT2D eigenvalue weighted by molar-refractivity contribution is -0.118. The van der Waals surface area contributed by atoms with Crippen molar-refractivity contribution in [2.75, 3.05) is 19.0 Å². The van der Waals surface area contributed by atoms with Gasteiger partial charge in [0, 0.05) is 18.1 Å². The summed E-state index contributed by atoms with van der Waals surface area (Å²) in [5, 5.41) is 2.79. The van der Waals surface area contributed by atoms with E-state index >= 15 is 0 Å². The average molecular weight is 467 g/mol. The average Bonchev–Trinajstić information content (AvgIpc) is 2.75. The molecule has 5 nitrogen and oxygen atoms in total. The lowest BCUT2D eigenvalue weighted by Crippen LogP contribution is -2.28. The molecule has 3 aromatic carbocycles. The molecule has 1 N–H and O–H groups in total. The number of benzene rings is 3.